The first-order valence-corrected chi connectivity index (χ1v) is 21.8. The first-order valence-electron chi connectivity index (χ1n) is 21.8. The van der Waals surface area contributed by atoms with Gasteiger partial charge < -0.3 is 20.3 Å². The van der Waals surface area contributed by atoms with Crippen LogP contribution in [0.5, 0.6) is 0 Å². The van der Waals surface area contributed by atoms with Gasteiger partial charge in [-0.3, -0.25) is 9.59 Å². The van der Waals surface area contributed by atoms with Crippen LogP contribution in [0.2, 0.25) is 0 Å². The standard InChI is InChI=1S/C45H83NO5/c1-3-5-7-9-11-13-14-15-19-23-27-31-35-39-45(50)51-40-36-32-28-24-20-17-16-18-22-26-30-34-38-44(49)46-42(41-47)43(48)37-33-29-25-21-12-10-8-6-4-2/h13-14,17,20,33,37,42-43,47-48H,3-12,15-16,18-19,21-32,34-36,38-41H2,1-2H3,(H,46,49)/b14-13-,20-17-,37-33+. The summed E-state index contributed by atoms with van der Waals surface area (Å²) in [5.41, 5.74) is 0. The second kappa shape index (κ2) is 40.8. The van der Waals surface area contributed by atoms with Crippen LogP contribution in [0.25, 0.3) is 0 Å². The number of aliphatic hydroxyl groups excluding tert-OH is 2. The molecule has 0 saturated heterocycles. The number of rotatable bonds is 39. The van der Waals surface area contributed by atoms with Gasteiger partial charge in [0.05, 0.1) is 25.4 Å². The molecule has 6 nitrogen and oxygen atoms in total. The molecule has 0 rings (SSSR count). The Hall–Kier alpha value is -1.92. The van der Waals surface area contributed by atoms with Gasteiger partial charge >= 0.3 is 5.97 Å². The van der Waals surface area contributed by atoms with Crippen LogP contribution < -0.4 is 5.32 Å². The Labute approximate surface area is 315 Å². The summed E-state index contributed by atoms with van der Waals surface area (Å²) >= 11 is 0. The van der Waals surface area contributed by atoms with Crippen LogP contribution in [0.4, 0.5) is 0 Å². The van der Waals surface area contributed by atoms with Gasteiger partial charge in [0, 0.05) is 12.8 Å². The van der Waals surface area contributed by atoms with Gasteiger partial charge in [-0.05, 0) is 89.9 Å². The predicted molar refractivity (Wildman–Crippen MR) is 218 cm³/mol. The van der Waals surface area contributed by atoms with E-state index < -0.39 is 12.1 Å². The third kappa shape index (κ3) is 37.6. The summed E-state index contributed by atoms with van der Waals surface area (Å²) in [6, 6.07) is -0.644. The summed E-state index contributed by atoms with van der Waals surface area (Å²) in [5, 5.41) is 22.8. The van der Waals surface area contributed by atoms with E-state index in [1.54, 1.807) is 6.08 Å². The van der Waals surface area contributed by atoms with Crippen LogP contribution in [0.3, 0.4) is 0 Å². The third-order valence-corrected chi connectivity index (χ3v) is 9.63. The van der Waals surface area contributed by atoms with Crippen molar-refractivity contribution in [3.8, 4) is 0 Å². The lowest BCUT2D eigenvalue weighted by Crippen LogP contribution is -2.45. The molecule has 0 aromatic carbocycles. The SMILES string of the molecule is CCCCCC/C=C\CCCCCCCC(=O)OCCCCC/C=C\CCCCCCCC(=O)NC(CO)C(O)/C=C/CCCCCCCCC. The maximum absolute atomic E-state index is 12.3. The first-order chi connectivity index (χ1) is 25.0. The van der Waals surface area contributed by atoms with Crippen molar-refractivity contribution in [3.63, 3.8) is 0 Å². The topological polar surface area (TPSA) is 95.9 Å². The van der Waals surface area contributed by atoms with Crippen LogP contribution >= 0.6 is 0 Å². The Balaban J connectivity index is 3.55. The van der Waals surface area contributed by atoms with E-state index in [1.807, 2.05) is 6.08 Å². The van der Waals surface area contributed by atoms with Crippen molar-refractivity contribution in [1.29, 1.82) is 0 Å². The molecule has 0 bridgehead atoms. The number of allylic oxidation sites excluding steroid dienone is 5. The van der Waals surface area contributed by atoms with Gasteiger partial charge in [-0.2, -0.15) is 0 Å². The molecule has 0 aromatic rings. The summed E-state index contributed by atoms with van der Waals surface area (Å²) in [6.07, 6.45) is 47.0. The highest BCUT2D eigenvalue weighted by Crippen LogP contribution is 2.12. The van der Waals surface area contributed by atoms with Crippen LogP contribution in [-0.4, -0.2) is 47.4 Å². The zero-order valence-electron chi connectivity index (χ0n) is 33.6. The largest absolute Gasteiger partial charge is 0.466 e. The second-order valence-corrected chi connectivity index (χ2v) is 14.7. The molecule has 6 heteroatoms. The normalized spacial score (nSPS) is 13.1. The van der Waals surface area contributed by atoms with E-state index in [4.69, 9.17) is 4.74 Å². The number of carbonyl (C=O) groups is 2. The Bertz CT molecular complexity index is 838. The third-order valence-electron chi connectivity index (χ3n) is 9.63. The summed E-state index contributed by atoms with van der Waals surface area (Å²) in [4.78, 5) is 24.3. The lowest BCUT2D eigenvalue weighted by molar-refractivity contribution is -0.143. The lowest BCUT2D eigenvalue weighted by atomic mass is 10.1. The van der Waals surface area contributed by atoms with Gasteiger partial charge in [-0.25, -0.2) is 0 Å². The first kappa shape index (κ1) is 49.1. The fourth-order valence-electron chi connectivity index (χ4n) is 6.21. The predicted octanol–water partition coefficient (Wildman–Crippen LogP) is 12.2. The molecule has 0 fully saturated rings. The Morgan fingerprint density at radius 2 is 0.922 bits per heavy atom. The van der Waals surface area contributed by atoms with Crippen molar-refractivity contribution in [3.05, 3.63) is 36.5 Å². The number of hydrogen-bond donors (Lipinski definition) is 3. The van der Waals surface area contributed by atoms with Gasteiger partial charge in [-0.1, -0.05) is 147 Å². The number of carbonyl (C=O) groups excluding carboxylic acids is 2. The molecule has 2 unspecified atom stereocenters. The Morgan fingerprint density at radius 1 is 0.529 bits per heavy atom. The molecular weight excluding hydrogens is 634 g/mol. The van der Waals surface area contributed by atoms with Crippen molar-refractivity contribution in [1.82, 2.24) is 5.32 Å². The van der Waals surface area contributed by atoms with E-state index in [1.165, 1.54) is 103 Å². The molecule has 0 aliphatic heterocycles. The Morgan fingerprint density at radius 3 is 1.41 bits per heavy atom. The summed E-state index contributed by atoms with van der Waals surface area (Å²) in [7, 11) is 0. The molecule has 0 radical (unpaired) electrons. The molecule has 3 N–H and O–H groups in total. The molecule has 298 valence electrons. The van der Waals surface area contributed by atoms with Crippen LogP contribution in [0.1, 0.15) is 213 Å². The van der Waals surface area contributed by atoms with Gasteiger partial charge in [0.2, 0.25) is 5.91 Å². The highest BCUT2D eigenvalue weighted by atomic mass is 16.5. The van der Waals surface area contributed by atoms with Crippen molar-refractivity contribution < 1.29 is 24.5 Å². The van der Waals surface area contributed by atoms with E-state index in [2.05, 4.69) is 43.5 Å². The molecule has 0 aromatic heterocycles. The molecule has 1 amide bonds. The zero-order valence-corrected chi connectivity index (χ0v) is 33.6. The highest BCUT2D eigenvalue weighted by Gasteiger charge is 2.17. The van der Waals surface area contributed by atoms with Crippen LogP contribution in [0.15, 0.2) is 36.5 Å². The van der Waals surface area contributed by atoms with Gasteiger partial charge in [0.25, 0.3) is 0 Å². The highest BCUT2D eigenvalue weighted by molar-refractivity contribution is 5.76. The molecule has 0 aliphatic rings. The Kier molecular flexibility index (Phi) is 39.3. The quantitative estimate of drug-likeness (QED) is 0.0334. The van der Waals surface area contributed by atoms with Crippen molar-refractivity contribution in [2.45, 2.75) is 225 Å². The minimum Gasteiger partial charge on any atom is -0.466 e. The number of amides is 1. The maximum atomic E-state index is 12.3. The number of ether oxygens (including phenoxy) is 1. The number of aliphatic hydroxyl groups is 2. The van der Waals surface area contributed by atoms with Gasteiger partial charge in [-0.15, -0.1) is 0 Å². The van der Waals surface area contributed by atoms with Crippen molar-refractivity contribution in [2.24, 2.45) is 0 Å². The second-order valence-electron chi connectivity index (χ2n) is 14.7. The van der Waals surface area contributed by atoms with E-state index in [-0.39, 0.29) is 18.5 Å². The molecule has 0 aliphatic carbocycles. The average Bonchev–Trinajstić information content (AvgIpc) is 3.13. The van der Waals surface area contributed by atoms with E-state index in [0.717, 1.165) is 83.5 Å². The summed E-state index contributed by atoms with van der Waals surface area (Å²) < 4.78 is 5.42. The maximum Gasteiger partial charge on any atom is 0.305 e. The number of hydrogen-bond acceptors (Lipinski definition) is 5. The fourth-order valence-corrected chi connectivity index (χ4v) is 6.21. The summed E-state index contributed by atoms with van der Waals surface area (Å²) in [6.45, 7) is 4.77. The van der Waals surface area contributed by atoms with Gasteiger partial charge in [0.15, 0.2) is 0 Å². The molecule has 0 spiro atoms. The smallest absolute Gasteiger partial charge is 0.305 e. The van der Waals surface area contributed by atoms with E-state index in [0.29, 0.717) is 19.4 Å². The number of nitrogens with one attached hydrogen (secondary N) is 1. The van der Waals surface area contributed by atoms with Crippen LogP contribution in [-0.2, 0) is 14.3 Å². The van der Waals surface area contributed by atoms with Crippen molar-refractivity contribution in [2.75, 3.05) is 13.2 Å². The zero-order chi connectivity index (χ0) is 37.3. The van der Waals surface area contributed by atoms with Crippen molar-refractivity contribution >= 4 is 11.9 Å². The molecule has 0 saturated carbocycles. The lowest BCUT2D eigenvalue weighted by Gasteiger charge is -2.20. The van der Waals surface area contributed by atoms with E-state index >= 15 is 0 Å². The average molecular weight is 718 g/mol. The fraction of sp³-hybridized carbons (Fsp3) is 0.822. The molecular formula is C45H83NO5. The minimum atomic E-state index is -0.858. The molecule has 2 atom stereocenters. The minimum absolute atomic E-state index is 0.0354. The van der Waals surface area contributed by atoms with Crippen LogP contribution in [0, 0.1) is 0 Å². The monoisotopic (exact) mass is 718 g/mol. The number of esters is 1. The van der Waals surface area contributed by atoms with Gasteiger partial charge in [0.1, 0.15) is 0 Å². The molecule has 0 heterocycles. The van der Waals surface area contributed by atoms with E-state index in [9.17, 15) is 19.8 Å². The number of unbranched alkanes of at least 4 members (excludes halogenated alkanes) is 24. The summed E-state index contributed by atoms with van der Waals surface area (Å²) in [5.74, 6) is -0.134. The molecule has 51 heavy (non-hydrogen) atoms.